The molecule has 62 heavy (non-hydrogen) atoms. The van der Waals surface area contributed by atoms with Crippen molar-refractivity contribution >= 4 is 93.5 Å². The Morgan fingerprint density at radius 2 is 0.839 bits per heavy atom. The maximum Gasteiger partial charge on any atom is 0.0561 e. The number of para-hydroxylation sites is 3. The van der Waals surface area contributed by atoms with Crippen molar-refractivity contribution in [3.8, 4) is 22.3 Å². The first-order chi connectivity index (χ1) is 30.7. The lowest BCUT2D eigenvalue weighted by molar-refractivity contribution is 1.25. The number of rotatable bonds is 8. The van der Waals surface area contributed by atoms with Crippen molar-refractivity contribution in [1.82, 2.24) is 0 Å². The Hall–Kier alpha value is -7.92. The lowest BCUT2D eigenvalue weighted by Crippen LogP contribution is -2.16. The molecule has 0 unspecified atom stereocenters. The van der Waals surface area contributed by atoms with Gasteiger partial charge in [-0.25, -0.2) is 0 Å². The Bertz CT molecular complexity index is 3350. The second kappa shape index (κ2) is 15.0. The topological polar surface area (TPSA) is 9.72 Å². The molecule has 0 atom stereocenters. The maximum atomic E-state index is 2.44. The van der Waals surface area contributed by atoms with Gasteiger partial charge in [0.2, 0.25) is 0 Å². The average molecular weight is 810 g/mol. The highest BCUT2D eigenvalue weighted by Crippen LogP contribution is 2.53. The molecule has 0 N–H and O–H groups in total. The molecule has 11 aromatic rings. The summed E-state index contributed by atoms with van der Waals surface area (Å²) in [7, 11) is 0. The van der Waals surface area contributed by atoms with Crippen molar-refractivity contribution in [2.75, 3.05) is 14.7 Å². The summed E-state index contributed by atoms with van der Waals surface area (Å²) in [6.07, 6.45) is 0. The third kappa shape index (κ3) is 6.11. The van der Waals surface area contributed by atoms with Crippen molar-refractivity contribution in [2.45, 2.75) is 0 Å². The quantitative estimate of drug-likeness (QED) is 0.151. The maximum absolute atomic E-state index is 2.44. The van der Waals surface area contributed by atoms with Crippen LogP contribution in [0.3, 0.4) is 0 Å². The number of hydrogen-bond donors (Lipinski definition) is 0. The van der Waals surface area contributed by atoms with E-state index in [1.54, 1.807) is 0 Å². The highest BCUT2D eigenvalue weighted by Gasteiger charge is 2.27. The van der Waals surface area contributed by atoms with Crippen LogP contribution < -0.4 is 14.7 Å². The molecule has 0 aliphatic carbocycles. The van der Waals surface area contributed by atoms with E-state index in [1.165, 1.54) is 53.3 Å². The summed E-state index contributed by atoms with van der Waals surface area (Å²) in [5, 5.41) is 5.12. The van der Waals surface area contributed by atoms with Gasteiger partial charge in [-0.1, -0.05) is 140 Å². The molecule has 3 nitrogen and oxygen atoms in total. The van der Waals surface area contributed by atoms with Gasteiger partial charge in [-0.2, -0.15) is 0 Å². The van der Waals surface area contributed by atoms with Crippen LogP contribution >= 0.6 is 11.3 Å². The monoisotopic (exact) mass is 809 g/mol. The summed E-state index contributed by atoms with van der Waals surface area (Å²) in [6.45, 7) is 0. The Kier molecular flexibility index (Phi) is 8.68. The van der Waals surface area contributed by atoms with E-state index in [0.29, 0.717) is 0 Å². The van der Waals surface area contributed by atoms with E-state index in [0.717, 1.165) is 51.1 Å². The highest BCUT2D eigenvalue weighted by atomic mass is 32.1. The van der Waals surface area contributed by atoms with E-state index in [-0.39, 0.29) is 0 Å². The lowest BCUT2D eigenvalue weighted by Gasteiger charge is -2.35. The van der Waals surface area contributed by atoms with Gasteiger partial charge in [0, 0.05) is 70.9 Å². The Balaban J connectivity index is 0.974. The first-order valence-electron chi connectivity index (χ1n) is 21.1. The van der Waals surface area contributed by atoms with Crippen LogP contribution in [0.25, 0.3) is 53.2 Å². The summed E-state index contributed by atoms with van der Waals surface area (Å²) in [5.41, 5.74) is 15.0. The molecule has 0 amide bonds. The first-order valence-corrected chi connectivity index (χ1v) is 21.9. The summed E-state index contributed by atoms with van der Waals surface area (Å²) < 4.78 is 2.58. The predicted molar refractivity (Wildman–Crippen MR) is 265 cm³/mol. The molecule has 0 saturated heterocycles. The van der Waals surface area contributed by atoms with Gasteiger partial charge >= 0.3 is 0 Å². The molecule has 0 radical (unpaired) electrons. The van der Waals surface area contributed by atoms with Crippen LogP contribution in [-0.2, 0) is 0 Å². The molecule has 1 aliphatic rings. The molecule has 0 spiro atoms. The molecule has 4 heteroatoms. The minimum absolute atomic E-state index is 1.09. The van der Waals surface area contributed by atoms with E-state index in [2.05, 4.69) is 251 Å². The molecular formula is C58H39N3S. The second-order valence-electron chi connectivity index (χ2n) is 15.8. The lowest BCUT2D eigenvalue weighted by atomic mass is 9.90. The van der Waals surface area contributed by atoms with Crippen LogP contribution in [-0.4, -0.2) is 0 Å². The standard InChI is InChI=1S/C58H39N3S/c1-4-16-43(17-5-1)59(44-18-6-2-7-19-44)46-30-26-40(27-31-46)41-28-32-47(33-29-41)60(49-35-37-52-51-22-10-11-25-56(51)62-57(52)39-49)48-34-36-50-53-23-12-14-42-15-13-24-54(58(42)53)61(55(50)38-48)45-20-8-3-9-21-45/h1-39H. The molecular weight excluding hydrogens is 771 g/mol. The summed E-state index contributed by atoms with van der Waals surface area (Å²) in [5.74, 6) is 0. The number of thiophene rings is 1. The van der Waals surface area contributed by atoms with E-state index < -0.39 is 0 Å². The van der Waals surface area contributed by atoms with E-state index >= 15 is 0 Å². The van der Waals surface area contributed by atoms with Gasteiger partial charge in [-0.3, -0.25) is 0 Å². The van der Waals surface area contributed by atoms with E-state index in [4.69, 9.17) is 0 Å². The predicted octanol–water partition coefficient (Wildman–Crippen LogP) is 17.3. The van der Waals surface area contributed by atoms with Crippen molar-refractivity contribution in [1.29, 1.82) is 0 Å². The van der Waals surface area contributed by atoms with Crippen LogP contribution in [0, 0.1) is 0 Å². The summed E-state index contributed by atoms with van der Waals surface area (Å²) in [4.78, 5) is 7.15. The zero-order chi connectivity index (χ0) is 41.0. The van der Waals surface area contributed by atoms with Crippen molar-refractivity contribution < 1.29 is 0 Å². The fraction of sp³-hybridized carbons (Fsp3) is 0. The van der Waals surface area contributed by atoms with Gasteiger partial charge in [-0.15, -0.1) is 11.3 Å². The number of hydrogen-bond acceptors (Lipinski definition) is 4. The molecule has 12 rings (SSSR count). The molecule has 0 fully saturated rings. The average Bonchev–Trinajstić information content (AvgIpc) is 3.71. The summed E-state index contributed by atoms with van der Waals surface area (Å²) >= 11 is 1.86. The Morgan fingerprint density at radius 1 is 0.323 bits per heavy atom. The Morgan fingerprint density at radius 3 is 1.52 bits per heavy atom. The highest BCUT2D eigenvalue weighted by molar-refractivity contribution is 7.25. The van der Waals surface area contributed by atoms with Crippen LogP contribution in [0.15, 0.2) is 237 Å². The normalized spacial score (nSPS) is 11.8. The molecule has 10 aromatic carbocycles. The molecule has 0 saturated carbocycles. The zero-order valence-corrected chi connectivity index (χ0v) is 34.6. The zero-order valence-electron chi connectivity index (χ0n) is 33.8. The smallest absolute Gasteiger partial charge is 0.0561 e. The Labute approximate surface area is 365 Å². The minimum atomic E-state index is 1.09. The van der Waals surface area contributed by atoms with Crippen molar-refractivity contribution in [3.05, 3.63) is 237 Å². The number of nitrogens with zero attached hydrogens (tertiary/aromatic N) is 3. The molecule has 1 aromatic heterocycles. The van der Waals surface area contributed by atoms with Gasteiger partial charge in [0.15, 0.2) is 0 Å². The van der Waals surface area contributed by atoms with Gasteiger partial charge < -0.3 is 14.7 Å². The molecule has 1 aliphatic heterocycles. The van der Waals surface area contributed by atoms with Gasteiger partial charge in [-0.05, 0) is 119 Å². The largest absolute Gasteiger partial charge is 0.311 e. The fourth-order valence-electron chi connectivity index (χ4n) is 9.30. The molecule has 292 valence electrons. The van der Waals surface area contributed by atoms with Crippen molar-refractivity contribution in [2.24, 2.45) is 0 Å². The second-order valence-corrected chi connectivity index (χ2v) is 16.9. The first kappa shape index (κ1) is 36.0. The van der Waals surface area contributed by atoms with E-state index in [9.17, 15) is 0 Å². The third-order valence-electron chi connectivity index (χ3n) is 12.1. The van der Waals surface area contributed by atoms with E-state index in [1.807, 2.05) is 11.3 Å². The third-order valence-corrected chi connectivity index (χ3v) is 13.3. The van der Waals surface area contributed by atoms with Crippen LogP contribution in [0.1, 0.15) is 0 Å². The van der Waals surface area contributed by atoms with Gasteiger partial charge in [0.1, 0.15) is 0 Å². The number of fused-ring (bicyclic) bond motifs is 5. The van der Waals surface area contributed by atoms with Gasteiger partial charge in [0.25, 0.3) is 0 Å². The van der Waals surface area contributed by atoms with Crippen LogP contribution in [0.4, 0.5) is 51.2 Å². The molecule has 0 bridgehead atoms. The minimum Gasteiger partial charge on any atom is -0.311 e. The summed E-state index contributed by atoms with van der Waals surface area (Å²) in [6, 6.07) is 85.8. The molecule has 2 heterocycles. The van der Waals surface area contributed by atoms with Crippen molar-refractivity contribution in [3.63, 3.8) is 0 Å². The number of anilines is 9. The SMILES string of the molecule is c1ccc(N(c2ccccc2)c2ccc(-c3ccc(N(c4ccc5c(c4)N(c4ccccc4)c4cccc6cccc-5c46)c4ccc5c(c4)sc4ccccc45)cc3)cc2)cc1. The number of benzene rings is 10. The fourth-order valence-corrected chi connectivity index (χ4v) is 10.4. The van der Waals surface area contributed by atoms with Crippen LogP contribution in [0.5, 0.6) is 0 Å². The van der Waals surface area contributed by atoms with Crippen LogP contribution in [0.2, 0.25) is 0 Å². The van der Waals surface area contributed by atoms with Gasteiger partial charge in [0.05, 0.1) is 11.4 Å².